The second-order valence-corrected chi connectivity index (χ2v) is 4.70. The molecule has 0 radical (unpaired) electrons. The molecule has 2 atom stereocenters. The fourth-order valence-corrected chi connectivity index (χ4v) is 2.42. The second-order valence-electron chi connectivity index (χ2n) is 3.58. The van der Waals surface area contributed by atoms with Crippen molar-refractivity contribution in [2.24, 2.45) is 0 Å². The van der Waals surface area contributed by atoms with Gasteiger partial charge in [0, 0.05) is 0 Å². The Hall–Kier alpha value is -1.16. The van der Waals surface area contributed by atoms with Crippen molar-refractivity contribution in [3.63, 3.8) is 0 Å². The van der Waals surface area contributed by atoms with Crippen LogP contribution in [0.3, 0.4) is 0 Å². The number of nitrogens with zero attached hydrogens (tertiary/aromatic N) is 2. The minimum Gasteiger partial charge on any atom is -0.313 e. The van der Waals surface area contributed by atoms with Crippen molar-refractivity contribution in [2.45, 2.75) is 12.3 Å². The van der Waals surface area contributed by atoms with Crippen molar-refractivity contribution in [1.82, 2.24) is 20.4 Å². The molecule has 0 aliphatic carbocycles. The second kappa shape index (κ2) is 4.84. The maximum atomic E-state index is 11.6. The van der Waals surface area contributed by atoms with Crippen LogP contribution in [0.2, 0.25) is 0 Å². The van der Waals surface area contributed by atoms with E-state index in [4.69, 9.17) is 0 Å². The summed E-state index contributed by atoms with van der Waals surface area (Å²) in [6, 6.07) is -1.27. The predicted molar refractivity (Wildman–Crippen MR) is 65.9 cm³/mol. The summed E-state index contributed by atoms with van der Waals surface area (Å²) in [4.78, 5) is 48.2. The van der Waals surface area contributed by atoms with Gasteiger partial charge >= 0.3 is 12.1 Å². The summed E-state index contributed by atoms with van der Waals surface area (Å²) in [6.07, 6.45) is -1.73. The van der Waals surface area contributed by atoms with Crippen LogP contribution in [0, 0.1) is 0 Å². The number of alkyl halides is 2. The van der Waals surface area contributed by atoms with E-state index in [1.807, 2.05) is 0 Å². The molecule has 2 aliphatic rings. The minimum absolute atomic E-state index is 0.0497. The van der Waals surface area contributed by atoms with Crippen LogP contribution >= 0.6 is 31.9 Å². The quantitative estimate of drug-likeness (QED) is 0.630. The molecule has 6 amide bonds. The van der Waals surface area contributed by atoms with Crippen molar-refractivity contribution in [3.05, 3.63) is 0 Å². The number of hydrogen-bond donors (Lipinski definition) is 2. The van der Waals surface area contributed by atoms with Crippen molar-refractivity contribution in [1.29, 1.82) is 0 Å². The maximum absolute atomic E-state index is 11.6. The van der Waals surface area contributed by atoms with Gasteiger partial charge in [0.2, 0.25) is 11.8 Å². The zero-order chi connectivity index (χ0) is 13.4. The number of carbonyl (C=O) groups excluding carboxylic acids is 4. The van der Waals surface area contributed by atoms with Crippen LogP contribution < -0.4 is 10.6 Å². The van der Waals surface area contributed by atoms with E-state index in [-0.39, 0.29) is 10.7 Å². The first-order chi connectivity index (χ1) is 8.51. The zero-order valence-electron chi connectivity index (χ0n) is 8.85. The molecule has 0 spiro atoms. The Kier molecular flexibility index (Phi) is 3.57. The predicted octanol–water partition coefficient (Wildman–Crippen LogP) is -0.468. The summed E-state index contributed by atoms with van der Waals surface area (Å²) in [5.74, 6) is -0.984. The van der Waals surface area contributed by atoms with E-state index in [1.54, 1.807) is 0 Å². The molecule has 2 fully saturated rings. The highest BCUT2D eigenvalue weighted by Crippen LogP contribution is 2.22. The van der Waals surface area contributed by atoms with Crippen LogP contribution in [0.15, 0.2) is 0 Å². The van der Waals surface area contributed by atoms with Crippen LogP contribution in [-0.4, -0.2) is 56.7 Å². The highest BCUT2D eigenvalue weighted by atomic mass is 79.9. The van der Waals surface area contributed by atoms with Gasteiger partial charge in [-0.1, -0.05) is 31.9 Å². The zero-order valence-corrected chi connectivity index (χ0v) is 12.0. The molecule has 0 aromatic rings. The minimum atomic E-state index is -0.863. The summed E-state index contributed by atoms with van der Waals surface area (Å²) in [7, 11) is 0. The van der Waals surface area contributed by atoms with Crippen LogP contribution in [0.25, 0.3) is 0 Å². The highest BCUT2D eigenvalue weighted by molar-refractivity contribution is 9.09. The van der Waals surface area contributed by atoms with Gasteiger partial charge in [-0.25, -0.2) is 19.4 Å². The Morgan fingerprint density at radius 1 is 0.944 bits per heavy atom. The lowest BCUT2D eigenvalue weighted by Gasteiger charge is -2.18. The summed E-state index contributed by atoms with van der Waals surface area (Å²) in [6.45, 7) is 0. The molecule has 10 heteroatoms. The van der Waals surface area contributed by atoms with Gasteiger partial charge in [0.15, 0.2) is 12.3 Å². The molecule has 2 rings (SSSR count). The first kappa shape index (κ1) is 13.3. The molecule has 2 unspecified atom stereocenters. The normalized spacial score (nSPS) is 25.9. The number of urea groups is 2. The number of rotatable bonds is 2. The van der Waals surface area contributed by atoms with Crippen LogP contribution in [0.1, 0.15) is 0 Å². The molecule has 0 aromatic heterocycles. The summed E-state index contributed by atoms with van der Waals surface area (Å²) in [5.41, 5.74) is 0. The van der Waals surface area contributed by atoms with Gasteiger partial charge < -0.3 is 10.6 Å². The van der Waals surface area contributed by atoms with E-state index in [1.165, 1.54) is 0 Å². The van der Waals surface area contributed by atoms with E-state index >= 15 is 0 Å². The topological polar surface area (TPSA) is 98.8 Å². The number of nitrogens with one attached hydrogen (secondary N) is 2. The van der Waals surface area contributed by atoms with Crippen molar-refractivity contribution < 1.29 is 19.2 Å². The molecule has 0 aromatic carbocycles. The van der Waals surface area contributed by atoms with Gasteiger partial charge in [-0.15, -0.1) is 0 Å². The first-order valence-electron chi connectivity index (χ1n) is 4.88. The number of carbonyl (C=O) groups is 4. The van der Waals surface area contributed by atoms with Gasteiger partial charge in [0.25, 0.3) is 0 Å². The number of amides is 6. The van der Waals surface area contributed by atoms with E-state index in [0.717, 1.165) is 9.80 Å². The van der Waals surface area contributed by atoms with E-state index in [9.17, 15) is 19.2 Å². The molecule has 98 valence electrons. The van der Waals surface area contributed by atoms with E-state index in [2.05, 4.69) is 42.5 Å². The highest BCUT2D eigenvalue weighted by Gasteiger charge is 2.54. The molecule has 2 N–H and O–H groups in total. The molecule has 2 aliphatic heterocycles. The molecule has 18 heavy (non-hydrogen) atoms. The Labute approximate surface area is 118 Å². The molecule has 0 saturated carbocycles. The summed E-state index contributed by atoms with van der Waals surface area (Å²) in [5, 5.41) is 4.75. The van der Waals surface area contributed by atoms with Gasteiger partial charge in [0.05, 0.1) is 10.7 Å². The van der Waals surface area contributed by atoms with Crippen LogP contribution in [0.4, 0.5) is 9.59 Å². The molecule has 2 heterocycles. The molecule has 2 saturated heterocycles. The Morgan fingerprint density at radius 3 is 1.56 bits per heavy atom. The van der Waals surface area contributed by atoms with Crippen LogP contribution in [0.5, 0.6) is 0 Å². The fraction of sp³-hybridized carbons (Fsp3) is 0.500. The SMILES string of the molecule is O=C(CBr)N1C(=O)NC2C1NC(=O)N2C(=O)CBr. The largest absolute Gasteiger partial charge is 0.327 e. The monoisotopic (exact) mass is 382 g/mol. The molecular weight excluding hydrogens is 376 g/mol. The number of halogens is 2. The van der Waals surface area contributed by atoms with E-state index in [0.29, 0.717) is 0 Å². The van der Waals surface area contributed by atoms with Crippen LogP contribution in [-0.2, 0) is 9.59 Å². The lowest BCUT2D eigenvalue weighted by molar-refractivity contribution is -0.129. The number of imide groups is 2. The lowest BCUT2D eigenvalue weighted by Crippen LogP contribution is -2.47. The summed E-state index contributed by atoms with van der Waals surface area (Å²) >= 11 is 5.90. The third kappa shape index (κ3) is 1.88. The third-order valence-electron chi connectivity index (χ3n) is 2.60. The standard InChI is InChI=1S/C8H8Br2N4O4/c9-1-3(15)13-5-6(12-7(13)17)14(4(16)2-10)8(18)11-5/h5-6H,1-2H2,(H,11,18)(H,12,17). The average molecular weight is 384 g/mol. The van der Waals surface area contributed by atoms with Gasteiger partial charge in [-0.2, -0.15) is 0 Å². The molecule has 8 nitrogen and oxygen atoms in total. The Balaban J connectivity index is 2.27. The number of fused-ring (bicyclic) bond motifs is 1. The molecular formula is C8H8Br2N4O4. The lowest BCUT2D eigenvalue weighted by atomic mass is 10.3. The fourth-order valence-electron chi connectivity index (χ4n) is 1.88. The Bertz CT molecular complexity index is 403. The van der Waals surface area contributed by atoms with Gasteiger partial charge in [0.1, 0.15) is 0 Å². The van der Waals surface area contributed by atoms with Gasteiger partial charge in [-0.05, 0) is 0 Å². The van der Waals surface area contributed by atoms with E-state index < -0.39 is 36.2 Å². The first-order valence-corrected chi connectivity index (χ1v) is 7.12. The van der Waals surface area contributed by atoms with Crippen molar-refractivity contribution in [2.75, 3.05) is 10.7 Å². The third-order valence-corrected chi connectivity index (χ3v) is 3.56. The smallest absolute Gasteiger partial charge is 0.313 e. The average Bonchev–Trinajstić information content (AvgIpc) is 2.80. The molecule has 0 bridgehead atoms. The maximum Gasteiger partial charge on any atom is 0.327 e. The summed E-state index contributed by atoms with van der Waals surface area (Å²) < 4.78 is 0. The Morgan fingerprint density at radius 2 is 1.28 bits per heavy atom. The number of hydrogen-bond acceptors (Lipinski definition) is 4. The van der Waals surface area contributed by atoms with Gasteiger partial charge in [-0.3, -0.25) is 9.59 Å². The van der Waals surface area contributed by atoms with Crippen molar-refractivity contribution in [3.8, 4) is 0 Å². The van der Waals surface area contributed by atoms with Crippen molar-refractivity contribution >= 4 is 55.7 Å².